The maximum Gasteiger partial charge on any atom is 0.151 e. The van der Waals surface area contributed by atoms with E-state index in [0.717, 1.165) is 37.7 Å². The van der Waals surface area contributed by atoms with Gasteiger partial charge < -0.3 is 9.80 Å². The van der Waals surface area contributed by atoms with Crippen LogP contribution in [0.15, 0.2) is 36.4 Å². The summed E-state index contributed by atoms with van der Waals surface area (Å²) in [5, 5.41) is 8.54. The first-order valence-corrected chi connectivity index (χ1v) is 7.10. The second-order valence-corrected chi connectivity index (χ2v) is 5.28. The van der Waals surface area contributed by atoms with E-state index < -0.39 is 0 Å². The smallest absolute Gasteiger partial charge is 0.151 e. The Morgan fingerprint density at radius 1 is 0.850 bits per heavy atom. The van der Waals surface area contributed by atoms with Crippen LogP contribution in [0.5, 0.6) is 0 Å². The van der Waals surface area contributed by atoms with Gasteiger partial charge in [0.15, 0.2) is 5.82 Å². The summed E-state index contributed by atoms with van der Waals surface area (Å²) in [6.07, 6.45) is 0. The number of hydrogen-bond donors (Lipinski definition) is 0. The van der Waals surface area contributed by atoms with Crippen LogP contribution in [-0.4, -0.2) is 36.4 Å². The van der Waals surface area contributed by atoms with E-state index >= 15 is 0 Å². The Hall–Kier alpha value is -2.10. The van der Waals surface area contributed by atoms with Gasteiger partial charge in [-0.05, 0) is 37.6 Å². The van der Waals surface area contributed by atoms with Crippen LogP contribution in [0.2, 0.25) is 0 Å². The molecule has 0 amide bonds. The van der Waals surface area contributed by atoms with Gasteiger partial charge >= 0.3 is 0 Å². The third kappa shape index (κ3) is 2.59. The molecule has 1 aromatic heterocycles. The van der Waals surface area contributed by atoms with Crippen LogP contribution in [0.4, 0.5) is 11.5 Å². The monoisotopic (exact) mass is 268 g/mol. The van der Waals surface area contributed by atoms with Gasteiger partial charge in [-0.2, -0.15) is 5.10 Å². The van der Waals surface area contributed by atoms with Crippen LogP contribution in [0.25, 0.3) is 0 Å². The number of benzene rings is 1. The molecule has 4 nitrogen and oxygen atoms in total. The first kappa shape index (κ1) is 12.9. The number of hydrogen-bond acceptors (Lipinski definition) is 4. The minimum atomic E-state index is 0.992. The normalized spacial score (nSPS) is 15.5. The summed E-state index contributed by atoms with van der Waals surface area (Å²) in [5.41, 5.74) is 3.52. The zero-order chi connectivity index (χ0) is 13.9. The van der Waals surface area contributed by atoms with E-state index in [4.69, 9.17) is 0 Å². The molecule has 2 aromatic rings. The molecule has 0 radical (unpaired) electrons. The molecule has 0 N–H and O–H groups in total. The topological polar surface area (TPSA) is 32.3 Å². The van der Waals surface area contributed by atoms with E-state index in [-0.39, 0.29) is 0 Å². The first-order valence-electron chi connectivity index (χ1n) is 7.10. The lowest BCUT2D eigenvalue weighted by atomic mass is 10.2. The highest BCUT2D eigenvalue weighted by atomic mass is 15.3. The number of aryl methyl sites for hydroxylation is 2. The number of aromatic nitrogens is 2. The summed E-state index contributed by atoms with van der Waals surface area (Å²) in [7, 11) is 0. The zero-order valence-corrected chi connectivity index (χ0v) is 12.1. The molecule has 1 aliphatic rings. The Kier molecular flexibility index (Phi) is 3.54. The van der Waals surface area contributed by atoms with Crippen molar-refractivity contribution >= 4 is 11.5 Å². The summed E-state index contributed by atoms with van der Waals surface area (Å²) in [4.78, 5) is 4.74. The number of para-hydroxylation sites is 1. The third-order valence-electron chi connectivity index (χ3n) is 3.94. The quantitative estimate of drug-likeness (QED) is 0.837. The molecule has 1 aliphatic heterocycles. The molecule has 20 heavy (non-hydrogen) atoms. The summed E-state index contributed by atoms with van der Waals surface area (Å²) < 4.78 is 0. The molecule has 0 spiro atoms. The molecular weight excluding hydrogens is 248 g/mol. The lowest BCUT2D eigenvalue weighted by Gasteiger charge is -2.36. The predicted molar refractivity (Wildman–Crippen MR) is 82.4 cm³/mol. The number of nitrogens with zero attached hydrogens (tertiary/aromatic N) is 4. The fourth-order valence-corrected chi connectivity index (χ4v) is 2.52. The van der Waals surface area contributed by atoms with Crippen LogP contribution in [0, 0.1) is 13.8 Å². The van der Waals surface area contributed by atoms with Crippen molar-refractivity contribution in [1.29, 1.82) is 0 Å². The Labute approximate surface area is 120 Å². The molecule has 2 heterocycles. The van der Waals surface area contributed by atoms with E-state index in [1.807, 2.05) is 6.92 Å². The van der Waals surface area contributed by atoms with Gasteiger partial charge in [0.05, 0.1) is 5.69 Å². The van der Waals surface area contributed by atoms with E-state index in [0.29, 0.717) is 0 Å². The van der Waals surface area contributed by atoms with Crippen LogP contribution < -0.4 is 9.80 Å². The van der Waals surface area contributed by atoms with E-state index in [1.165, 1.54) is 11.3 Å². The van der Waals surface area contributed by atoms with Crippen molar-refractivity contribution in [2.45, 2.75) is 13.8 Å². The number of anilines is 2. The average Bonchev–Trinajstić information content (AvgIpc) is 2.51. The molecule has 3 rings (SSSR count). The van der Waals surface area contributed by atoms with Crippen molar-refractivity contribution in [1.82, 2.24) is 10.2 Å². The van der Waals surface area contributed by atoms with Gasteiger partial charge in [0.2, 0.25) is 0 Å². The van der Waals surface area contributed by atoms with Gasteiger partial charge in [0, 0.05) is 31.9 Å². The van der Waals surface area contributed by atoms with Gasteiger partial charge in [-0.3, -0.25) is 0 Å². The van der Waals surface area contributed by atoms with Crippen LogP contribution in [0.1, 0.15) is 11.3 Å². The molecular formula is C16H20N4. The van der Waals surface area contributed by atoms with Crippen molar-refractivity contribution in [2.75, 3.05) is 36.0 Å². The molecule has 0 aliphatic carbocycles. The van der Waals surface area contributed by atoms with Gasteiger partial charge in [-0.15, -0.1) is 5.10 Å². The lowest BCUT2D eigenvalue weighted by Crippen LogP contribution is -2.46. The molecule has 104 valence electrons. The molecule has 1 aromatic carbocycles. The fraction of sp³-hybridized carbons (Fsp3) is 0.375. The summed E-state index contributed by atoms with van der Waals surface area (Å²) in [6.45, 7) is 8.13. The highest BCUT2D eigenvalue weighted by molar-refractivity contribution is 5.49. The second kappa shape index (κ2) is 5.49. The Morgan fingerprint density at radius 3 is 2.15 bits per heavy atom. The lowest BCUT2D eigenvalue weighted by molar-refractivity contribution is 0.642. The van der Waals surface area contributed by atoms with E-state index in [9.17, 15) is 0 Å². The Balaban J connectivity index is 1.68. The molecule has 1 saturated heterocycles. The maximum atomic E-state index is 4.32. The SMILES string of the molecule is Cc1cc(N2CCN(c3ccccc3)CC2)nnc1C. The number of rotatable bonds is 2. The molecule has 0 atom stereocenters. The molecule has 0 unspecified atom stereocenters. The predicted octanol–water partition coefficient (Wildman–Crippen LogP) is 2.42. The molecule has 0 saturated carbocycles. The van der Waals surface area contributed by atoms with Gasteiger partial charge in [-0.25, -0.2) is 0 Å². The summed E-state index contributed by atoms with van der Waals surface area (Å²) in [6, 6.07) is 12.7. The van der Waals surface area contributed by atoms with E-state index in [1.54, 1.807) is 0 Å². The Bertz CT molecular complexity index is 574. The standard InChI is InChI=1S/C16H20N4/c1-13-12-16(18-17-14(13)2)20-10-8-19(9-11-20)15-6-4-3-5-7-15/h3-7,12H,8-11H2,1-2H3. The fourth-order valence-electron chi connectivity index (χ4n) is 2.52. The van der Waals surface area contributed by atoms with Gasteiger partial charge in [-0.1, -0.05) is 18.2 Å². The minimum Gasteiger partial charge on any atom is -0.368 e. The van der Waals surface area contributed by atoms with Gasteiger partial charge in [0.1, 0.15) is 0 Å². The van der Waals surface area contributed by atoms with Crippen LogP contribution >= 0.6 is 0 Å². The van der Waals surface area contributed by atoms with E-state index in [2.05, 4.69) is 63.3 Å². The van der Waals surface area contributed by atoms with Crippen molar-refractivity contribution in [3.8, 4) is 0 Å². The van der Waals surface area contributed by atoms with Crippen molar-refractivity contribution in [3.63, 3.8) is 0 Å². The van der Waals surface area contributed by atoms with Gasteiger partial charge in [0.25, 0.3) is 0 Å². The third-order valence-corrected chi connectivity index (χ3v) is 3.94. The summed E-state index contributed by atoms with van der Waals surface area (Å²) in [5.74, 6) is 1.00. The van der Waals surface area contributed by atoms with Crippen LogP contribution in [-0.2, 0) is 0 Å². The zero-order valence-electron chi connectivity index (χ0n) is 12.1. The maximum absolute atomic E-state index is 4.32. The van der Waals surface area contributed by atoms with Crippen molar-refractivity contribution in [2.24, 2.45) is 0 Å². The molecule has 4 heteroatoms. The number of piperazine rings is 1. The highest BCUT2D eigenvalue weighted by Crippen LogP contribution is 2.19. The minimum absolute atomic E-state index is 0.992. The summed E-state index contributed by atoms with van der Waals surface area (Å²) >= 11 is 0. The first-order chi connectivity index (χ1) is 9.74. The van der Waals surface area contributed by atoms with Crippen molar-refractivity contribution in [3.05, 3.63) is 47.7 Å². The Morgan fingerprint density at radius 2 is 1.50 bits per heavy atom. The van der Waals surface area contributed by atoms with Crippen molar-refractivity contribution < 1.29 is 0 Å². The molecule has 1 fully saturated rings. The largest absolute Gasteiger partial charge is 0.368 e. The van der Waals surface area contributed by atoms with Crippen LogP contribution in [0.3, 0.4) is 0 Å². The second-order valence-electron chi connectivity index (χ2n) is 5.28. The highest BCUT2D eigenvalue weighted by Gasteiger charge is 2.18. The average molecular weight is 268 g/mol. The molecule has 0 bridgehead atoms.